The fourth-order valence-corrected chi connectivity index (χ4v) is 6.34. The highest BCUT2D eigenvalue weighted by atomic mass is 32.2. The monoisotopic (exact) mass is 323 g/mol. The van der Waals surface area contributed by atoms with E-state index in [9.17, 15) is 16.8 Å². The van der Waals surface area contributed by atoms with E-state index in [-0.39, 0.29) is 24.0 Å². The lowest BCUT2D eigenvalue weighted by atomic mass is 10.1. The first-order valence-corrected chi connectivity index (χ1v) is 10.2. The van der Waals surface area contributed by atoms with E-state index in [2.05, 4.69) is 4.72 Å². The molecular weight excluding hydrogens is 306 g/mol. The summed E-state index contributed by atoms with van der Waals surface area (Å²) in [6, 6.07) is 3.40. The maximum absolute atomic E-state index is 12.0. The number of hydrogen-bond donors (Lipinski definition) is 1. The molecule has 0 aromatic carbocycles. The van der Waals surface area contributed by atoms with Crippen LogP contribution in [0.25, 0.3) is 0 Å². The van der Waals surface area contributed by atoms with Crippen molar-refractivity contribution >= 4 is 31.2 Å². The lowest BCUT2D eigenvalue weighted by molar-refractivity contribution is 0.544. The molecule has 1 aromatic rings. The van der Waals surface area contributed by atoms with Gasteiger partial charge in [0.2, 0.25) is 10.0 Å². The third kappa shape index (κ3) is 3.77. The molecule has 0 saturated carbocycles. The Bertz CT molecular complexity index is 645. The molecule has 2 heterocycles. The highest BCUT2D eigenvalue weighted by Crippen LogP contribution is 2.23. The van der Waals surface area contributed by atoms with Crippen LogP contribution in [0, 0.1) is 5.92 Å². The second kappa shape index (κ2) is 5.51. The Morgan fingerprint density at radius 3 is 2.68 bits per heavy atom. The van der Waals surface area contributed by atoms with E-state index in [1.54, 1.807) is 12.1 Å². The smallest absolute Gasteiger partial charge is 0.229 e. The summed E-state index contributed by atoms with van der Waals surface area (Å²) in [7, 11) is -6.46. The summed E-state index contributed by atoms with van der Waals surface area (Å²) in [5.74, 6) is 0.142. The third-order valence-corrected chi connectivity index (χ3v) is 8.12. The standard InChI is InChI=1S/C11H17NO4S3/c1-2-10-3-4-11(17-10)19(15,16)12-7-9-5-6-18(13,14)8-9/h3-4,9,12H,2,5-8H2,1H3. The Morgan fingerprint density at radius 1 is 1.42 bits per heavy atom. The van der Waals surface area contributed by atoms with E-state index in [1.807, 2.05) is 6.92 Å². The van der Waals surface area contributed by atoms with Gasteiger partial charge in [0.15, 0.2) is 9.84 Å². The zero-order valence-electron chi connectivity index (χ0n) is 10.6. The first kappa shape index (κ1) is 15.0. The van der Waals surface area contributed by atoms with Gasteiger partial charge in [-0.2, -0.15) is 0 Å². The fourth-order valence-electron chi connectivity index (χ4n) is 2.02. The molecule has 19 heavy (non-hydrogen) atoms. The first-order chi connectivity index (χ1) is 8.82. The predicted molar refractivity (Wildman–Crippen MR) is 75.6 cm³/mol. The zero-order chi connectivity index (χ0) is 14.1. The zero-order valence-corrected chi connectivity index (χ0v) is 13.1. The maximum atomic E-state index is 12.0. The highest BCUT2D eigenvalue weighted by Gasteiger charge is 2.29. The molecule has 0 radical (unpaired) electrons. The molecule has 108 valence electrons. The van der Waals surface area contributed by atoms with Crippen molar-refractivity contribution in [2.24, 2.45) is 5.92 Å². The van der Waals surface area contributed by atoms with Gasteiger partial charge in [0, 0.05) is 11.4 Å². The van der Waals surface area contributed by atoms with Crippen molar-refractivity contribution in [3.05, 3.63) is 17.0 Å². The molecule has 5 nitrogen and oxygen atoms in total. The molecule has 1 atom stereocenters. The highest BCUT2D eigenvalue weighted by molar-refractivity contribution is 7.92. The molecule has 0 aliphatic carbocycles. The minimum atomic E-state index is -3.50. The van der Waals surface area contributed by atoms with E-state index in [1.165, 1.54) is 11.3 Å². The number of thiophene rings is 1. The Kier molecular flexibility index (Phi) is 4.34. The molecule has 1 aliphatic heterocycles. The van der Waals surface area contributed by atoms with E-state index < -0.39 is 19.9 Å². The van der Waals surface area contributed by atoms with Crippen LogP contribution < -0.4 is 4.72 Å². The Labute approximate surface area is 118 Å². The Balaban J connectivity index is 1.98. The van der Waals surface area contributed by atoms with E-state index in [0.29, 0.717) is 10.6 Å². The van der Waals surface area contributed by atoms with Gasteiger partial charge in [-0.3, -0.25) is 0 Å². The van der Waals surface area contributed by atoms with Crippen molar-refractivity contribution in [3.63, 3.8) is 0 Å². The SMILES string of the molecule is CCc1ccc(S(=O)(=O)NCC2CCS(=O)(=O)C2)s1. The number of sulfone groups is 1. The third-order valence-electron chi connectivity index (χ3n) is 3.14. The molecular formula is C11H17NO4S3. The van der Waals surface area contributed by atoms with Gasteiger partial charge in [0.1, 0.15) is 4.21 Å². The van der Waals surface area contributed by atoms with Gasteiger partial charge in [-0.1, -0.05) is 6.92 Å². The van der Waals surface area contributed by atoms with Gasteiger partial charge in [-0.25, -0.2) is 21.6 Å². The van der Waals surface area contributed by atoms with Crippen LogP contribution in [0.4, 0.5) is 0 Å². The molecule has 0 amide bonds. The molecule has 1 N–H and O–H groups in total. The molecule has 1 aromatic heterocycles. The van der Waals surface area contributed by atoms with Crippen LogP contribution in [0.2, 0.25) is 0 Å². The van der Waals surface area contributed by atoms with Gasteiger partial charge in [-0.05, 0) is 30.9 Å². The molecule has 8 heteroatoms. The van der Waals surface area contributed by atoms with Crippen molar-refractivity contribution in [2.75, 3.05) is 18.1 Å². The molecule has 1 saturated heterocycles. The summed E-state index contributed by atoms with van der Waals surface area (Å²) in [5, 5.41) is 0. The minimum Gasteiger partial charge on any atom is -0.229 e. The van der Waals surface area contributed by atoms with Crippen LogP contribution in [-0.4, -0.2) is 34.9 Å². The largest absolute Gasteiger partial charge is 0.250 e. The topological polar surface area (TPSA) is 80.3 Å². The first-order valence-electron chi connectivity index (χ1n) is 6.11. The molecule has 0 bridgehead atoms. The average molecular weight is 323 g/mol. The molecule has 2 rings (SSSR count). The van der Waals surface area contributed by atoms with Crippen molar-refractivity contribution in [1.82, 2.24) is 4.72 Å². The van der Waals surface area contributed by atoms with Crippen LogP contribution >= 0.6 is 11.3 Å². The number of sulfonamides is 1. The fraction of sp³-hybridized carbons (Fsp3) is 0.636. The molecule has 0 spiro atoms. The molecule has 1 unspecified atom stereocenters. The summed E-state index contributed by atoms with van der Waals surface area (Å²) in [4.78, 5) is 1.02. The molecule has 1 aliphatic rings. The normalized spacial score (nSPS) is 22.7. The summed E-state index contributed by atoms with van der Waals surface area (Å²) >= 11 is 1.25. The van der Waals surface area contributed by atoms with Crippen LogP contribution in [0.1, 0.15) is 18.2 Å². The van der Waals surface area contributed by atoms with E-state index >= 15 is 0 Å². The average Bonchev–Trinajstić information content (AvgIpc) is 2.93. The van der Waals surface area contributed by atoms with Crippen molar-refractivity contribution in [1.29, 1.82) is 0 Å². The summed E-state index contributed by atoms with van der Waals surface area (Å²) in [5.41, 5.74) is 0. The predicted octanol–water partition coefficient (Wildman–Crippen LogP) is 1.02. The van der Waals surface area contributed by atoms with Gasteiger partial charge in [0.05, 0.1) is 11.5 Å². The number of nitrogens with one attached hydrogen (secondary N) is 1. The number of rotatable bonds is 5. The van der Waals surface area contributed by atoms with Gasteiger partial charge < -0.3 is 0 Å². The van der Waals surface area contributed by atoms with Crippen LogP contribution in [0.5, 0.6) is 0 Å². The molecule has 1 fully saturated rings. The van der Waals surface area contributed by atoms with Crippen LogP contribution in [0.3, 0.4) is 0 Å². The van der Waals surface area contributed by atoms with Crippen LogP contribution in [0.15, 0.2) is 16.3 Å². The van der Waals surface area contributed by atoms with Crippen molar-refractivity contribution in [2.45, 2.75) is 24.0 Å². The van der Waals surface area contributed by atoms with E-state index in [0.717, 1.165) is 11.3 Å². The van der Waals surface area contributed by atoms with Gasteiger partial charge >= 0.3 is 0 Å². The van der Waals surface area contributed by atoms with Crippen molar-refractivity contribution < 1.29 is 16.8 Å². The van der Waals surface area contributed by atoms with Crippen LogP contribution in [-0.2, 0) is 26.3 Å². The Morgan fingerprint density at radius 2 is 2.16 bits per heavy atom. The summed E-state index contributed by atoms with van der Waals surface area (Å²) in [6.45, 7) is 2.17. The van der Waals surface area contributed by atoms with Crippen molar-refractivity contribution in [3.8, 4) is 0 Å². The summed E-state index contributed by atoms with van der Waals surface area (Å²) < 4.78 is 49.5. The second-order valence-electron chi connectivity index (χ2n) is 4.70. The van der Waals surface area contributed by atoms with E-state index in [4.69, 9.17) is 0 Å². The minimum absolute atomic E-state index is 0.0835. The van der Waals surface area contributed by atoms with Gasteiger partial charge in [0.25, 0.3) is 0 Å². The lowest BCUT2D eigenvalue weighted by Gasteiger charge is -2.09. The quantitative estimate of drug-likeness (QED) is 0.877. The van der Waals surface area contributed by atoms with Gasteiger partial charge in [-0.15, -0.1) is 11.3 Å². The number of aryl methyl sites for hydroxylation is 1. The summed E-state index contributed by atoms with van der Waals surface area (Å²) in [6.07, 6.45) is 1.34. The maximum Gasteiger partial charge on any atom is 0.250 e. The second-order valence-corrected chi connectivity index (χ2v) is 10.1. The Hall–Kier alpha value is -0.440. The number of hydrogen-bond acceptors (Lipinski definition) is 5. The lowest BCUT2D eigenvalue weighted by Crippen LogP contribution is -2.29.